The van der Waals surface area contributed by atoms with Gasteiger partial charge in [-0.05, 0) is 28.7 Å². The Kier molecular flexibility index (Phi) is 2.76. The summed E-state index contributed by atoms with van der Waals surface area (Å²) in [7, 11) is 0. The topological polar surface area (TPSA) is 49.3 Å². The number of carboxylic acids is 1. The molecule has 1 fully saturated rings. The van der Waals surface area contributed by atoms with E-state index in [0.717, 1.165) is 6.54 Å². The van der Waals surface area contributed by atoms with Crippen molar-refractivity contribution in [1.82, 2.24) is 5.32 Å². The molecule has 0 unspecified atom stereocenters. The van der Waals surface area contributed by atoms with E-state index in [1.54, 1.807) is 0 Å². The van der Waals surface area contributed by atoms with Crippen LogP contribution in [0.2, 0.25) is 0 Å². The van der Waals surface area contributed by atoms with Gasteiger partial charge in [-0.15, -0.1) is 0 Å². The third-order valence-corrected chi connectivity index (χ3v) is 3.67. The van der Waals surface area contributed by atoms with Crippen LogP contribution in [0.4, 0.5) is 0 Å². The Morgan fingerprint density at radius 1 is 1.17 bits per heavy atom. The molecule has 0 radical (unpaired) electrons. The van der Waals surface area contributed by atoms with Crippen LogP contribution in [0.3, 0.4) is 0 Å². The average Bonchev–Trinajstić information content (AvgIpc) is 2.88. The SMILES string of the molecule is O=C(O)[C@@H]1C[C@H](c2ccc3ccccc3c2)CN1. The number of carbonyl (C=O) groups is 1. The third kappa shape index (κ3) is 1.97. The molecule has 2 aromatic rings. The van der Waals surface area contributed by atoms with Crippen molar-refractivity contribution >= 4 is 16.7 Å². The van der Waals surface area contributed by atoms with Crippen molar-refractivity contribution in [2.75, 3.05) is 6.54 Å². The van der Waals surface area contributed by atoms with Gasteiger partial charge in [-0.1, -0.05) is 42.5 Å². The van der Waals surface area contributed by atoms with E-state index in [4.69, 9.17) is 5.11 Å². The van der Waals surface area contributed by atoms with E-state index in [0.29, 0.717) is 12.3 Å². The summed E-state index contributed by atoms with van der Waals surface area (Å²) in [5.41, 5.74) is 1.23. The molecule has 0 saturated carbocycles. The number of hydrogen-bond acceptors (Lipinski definition) is 2. The monoisotopic (exact) mass is 241 g/mol. The van der Waals surface area contributed by atoms with Gasteiger partial charge in [0.05, 0.1) is 0 Å². The van der Waals surface area contributed by atoms with Crippen molar-refractivity contribution in [1.29, 1.82) is 0 Å². The molecular weight excluding hydrogens is 226 g/mol. The van der Waals surface area contributed by atoms with Gasteiger partial charge in [0.15, 0.2) is 0 Å². The van der Waals surface area contributed by atoms with Crippen molar-refractivity contribution in [2.24, 2.45) is 0 Å². The normalized spacial score (nSPS) is 23.3. The molecule has 2 aromatic carbocycles. The molecule has 1 heterocycles. The molecule has 3 heteroatoms. The first-order chi connectivity index (χ1) is 8.74. The van der Waals surface area contributed by atoms with Crippen LogP contribution < -0.4 is 5.32 Å². The first kappa shape index (κ1) is 11.2. The lowest BCUT2D eigenvalue weighted by molar-refractivity contribution is -0.139. The molecule has 0 spiro atoms. The molecule has 0 aromatic heterocycles. The minimum absolute atomic E-state index is 0.302. The number of fused-ring (bicyclic) bond motifs is 1. The Balaban J connectivity index is 1.89. The van der Waals surface area contributed by atoms with Crippen LogP contribution >= 0.6 is 0 Å². The molecule has 1 saturated heterocycles. The predicted molar refractivity (Wildman–Crippen MR) is 70.7 cm³/mol. The Bertz CT molecular complexity index is 594. The quantitative estimate of drug-likeness (QED) is 0.848. The zero-order chi connectivity index (χ0) is 12.5. The molecular formula is C15H15NO2. The van der Waals surface area contributed by atoms with Gasteiger partial charge in [0.1, 0.15) is 6.04 Å². The maximum Gasteiger partial charge on any atom is 0.320 e. The van der Waals surface area contributed by atoms with E-state index in [1.807, 2.05) is 12.1 Å². The van der Waals surface area contributed by atoms with Gasteiger partial charge in [0.2, 0.25) is 0 Å². The molecule has 2 N–H and O–H groups in total. The van der Waals surface area contributed by atoms with Gasteiger partial charge in [-0.25, -0.2) is 0 Å². The van der Waals surface area contributed by atoms with E-state index >= 15 is 0 Å². The van der Waals surface area contributed by atoms with Gasteiger partial charge in [0.25, 0.3) is 0 Å². The van der Waals surface area contributed by atoms with E-state index in [2.05, 4.69) is 35.6 Å². The Morgan fingerprint density at radius 3 is 2.67 bits per heavy atom. The average molecular weight is 241 g/mol. The van der Waals surface area contributed by atoms with Crippen LogP contribution in [0.25, 0.3) is 10.8 Å². The lowest BCUT2D eigenvalue weighted by atomic mass is 9.94. The summed E-state index contributed by atoms with van der Waals surface area (Å²) >= 11 is 0. The Hall–Kier alpha value is -1.87. The van der Waals surface area contributed by atoms with Crippen molar-refractivity contribution < 1.29 is 9.90 Å². The number of rotatable bonds is 2. The summed E-state index contributed by atoms with van der Waals surface area (Å²) in [5, 5.41) is 14.5. The first-order valence-electron chi connectivity index (χ1n) is 6.19. The fourth-order valence-electron chi connectivity index (χ4n) is 2.64. The van der Waals surface area contributed by atoms with Crippen molar-refractivity contribution in [3.8, 4) is 0 Å². The molecule has 0 bridgehead atoms. The van der Waals surface area contributed by atoms with E-state index < -0.39 is 12.0 Å². The highest BCUT2D eigenvalue weighted by Gasteiger charge is 2.29. The summed E-state index contributed by atoms with van der Waals surface area (Å²) < 4.78 is 0. The number of aliphatic carboxylic acids is 1. The zero-order valence-electron chi connectivity index (χ0n) is 9.97. The summed E-state index contributed by atoms with van der Waals surface area (Å²) in [6, 6.07) is 14.2. The fraction of sp³-hybridized carbons (Fsp3) is 0.267. The smallest absolute Gasteiger partial charge is 0.320 e. The second-order valence-corrected chi connectivity index (χ2v) is 4.84. The predicted octanol–water partition coefficient (Wildman–Crippen LogP) is 2.37. The molecule has 92 valence electrons. The number of hydrogen-bond donors (Lipinski definition) is 2. The van der Waals surface area contributed by atoms with Crippen LogP contribution in [0.1, 0.15) is 17.9 Å². The molecule has 0 aliphatic carbocycles. The summed E-state index contributed by atoms with van der Waals surface area (Å²) in [5.74, 6) is -0.450. The van der Waals surface area contributed by atoms with Crippen LogP contribution in [-0.4, -0.2) is 23.7 Å². The van der Waals surface area contributed by atoms with Crippen molar-refractivity contribution in [3.63, 3.8) is 0 Å². The highest BCUT2D eigenvalue weighted by atomic mass is 16.4. The second kappa shape index (κ2) is 4.42. The maximum absolute atomic E-state index is 10.9. The lowest BCUT2D eigenvalue weighted by Gasteiger charge is -2.10. The standard InChI is InChI=1S/C15H15NO2/c17-15(18)14-8-13(9-16-14)12-6-5-10-3-1-2-4-11(10)7-12/h1-7,13-14,16H,8-9H2,(H,17,18)/t13-,14-/m0/s1. The molecule has 0 amide bonds. The van der Waals surface area contributed by atoms with E-state index in [1.165, 1.54) is 16.3 Å². The molecule has 3 rings (SSSR count). The minimum Gasteiger partial charge on any atom is -0.480 e. The number of benzene rings is 2. The van der Waals surface area contributed by atoms with E-state index in [9.17, 15) is 4.79 Å². The van der Waals surface area contributed by atoms with Crippen LogP contribution in [0.15, 0.2) is 42.5 Å². The Morgan fingerprint density at radius 2 is 1.94 bits per heavy atom. The lowest BCUT2D eigenvalue weighted by Crippen LogP contribution is -2.29. The number of carboxylic acid groups (broad SMARTS) is 1. The highest BCUT2D eigenvalue weighted by Crippen LogP contribution is 2.28. The Labute approximate surface area is 105 Å². The van der Waals surface area contributed by atoms with Crippen molar-refractivity contribution in [3.05, 3.63) is 48.0 Å². The van der Waals surface area contributed by atoms with Gasteiger partial charge in [-0.3, -0.25) is 4.79 Å². The molecule has 18 heavy (non-hydrogen) atoms. The van der Waals surface area contributed by atoms with Gasteiger partial charge in [0, 0.05) is 6.54 Å². The molecule has 1 aliphatic rings. The van der Waals surface area contributed by atoms with Crippen LogP contribution in [0.5, 0.6) is 0 Å². The third-order valence-electron chi connectivity index (χ3n) is 3.67. The van der Waals surface area contributed by atoms with Crippen molar-refractivity contribution in [2.45, 2.75) is 18.4 Å². The van der Waals surface area contributed by atoms with Crippen LogP contribution in [-0.2, 0) is 4.79 Å². The minimum atomic E-state index is -0.752. The zero-order valence-corrected chi connectivity index (χ0v) is 9.97. The molecule has 3 nitrogen and oxygen atoms in total. The maximum atomic E-state index is 10.9. The largest absolute Gasteiger partial charge is 0.480 e. The highest BCUT2D eigenvalue weighted by molar-refractivity contribution is 5.83. The van der Waals surface area contributed by atoms with E-state index in [-0.39, 0.29) is 0 Å². The van der Waals surface area contributed by atoms with Gasteiger partial charge >= 0.3 is 5.97 Å². The van der Waals surface area contributed by atoms with Crippen LogP contribution in [0, 0.1) is 0 Å². The second-order valence-electron chi connectivity index (χ2n) is 4.84. The summed E-state index contributed by atoms with van der Waals surface area (Å²) in [4.78, 5) is 10.9. The summed E-state index contributed by atoms with van der Waals surface area (Å²) in [6.07, 6.45) is 0.674. The fourth-order valence-corrected chi connectivity index (χ4v) is 2.64. The van der Waals surface area contributed by atoms with Gasteiger partial charge < -0.3 is 10.4 Å². The number of nitrogens with one attached hydrogen (secondary N) is 1. The molecule has 2 atom stereocenters. The molecule has 1 aliphatic heterocycles. The first-order valence-corrected chi connectivity index (χ1v) is 6.19. The van der Waals surface area contributed by atoms with Gasteiger partial charge in [-0.2, -0.15) is 0 Å². The summed E-state index contributed by atoms with van der Waals surface area (Å²) in [6.45, 7) is 0.745.